The number of aromatic nitrogens is 1. The van der Waals surface area contributed by atoms with Crippen molar-refractivity contribution in [3.05, 3.63) is 59.5 Å². The van der Waals surface area contributed by atoms with Gasteiger partial charge in [0.1, 0.15) is 11.3 Å². The second-order valence-corrected chi connectivity index (χ2v) is 5.79. The second-order valence-electron chi connectivity index (χ2n) is 5.79. The zero-order valence-electron chi connectivity index (χ0n) is 13.3. The lowest BCUT2D eigenvalue weighted by atomic mass is 9.96. The summed E-state index contributed by atoms with van der Waals surface area (Å²) in [5.41, 5.74) is 4.33. The highest BCUT2D eigenvalue weighted by molar-refractivity contribution is 5.73. The molecule has 0 amide bonds. The lowest BCUT2D eigenvalue weighted by Crippen LogP contribution is -1.97. The molecule has 0 bridgehead atoms. The van der Waals surface area contributed by atoms with E-state index in [1.807, 2.05) is 24.3 Å². The van der Waals surface area contributed by atoms with E-state index < -0.39 is 0 Å². The van der Waals surface area contributed by atoms with Gasteiger partial charge >= 0.3 is 0 Å². The molecule has 3 nitrogen and oxygen atoms in total. The van der Waals surface area contributed by atoms with Crippen molar-refractivity contribution in [1.29, 1.82) is 0 Å². The average Bonchev–Trinajstić information content (AvgIpc) is 2.94. The number of benzene rings is 2. The highest BCUT2D eigenvalue weighted by Gasteiger charge is 2.10. The Bertz CT molecular complexity index is 759. The van der Waals surface area contributed by atoms with Gasteiger partial charge in [0.05, 0.1) is 7.11 Å². The molecule has 0 saturated carbocycles. The molecule has 0 fully saturated rings. The van der Waals surface area contributed by atoms with Crippen LogP contribution in [0.15, 0.2) is 46.9 Å². The van der Waals surface area contributed by atoms with Crippen molar-refractivity contribution in [2.24, 2.45) is 0 Å². The Morgan fingerprint density at radius 3 is 2.64 bits per heavy atom. The predicted octanol–water partition coefficient (Wildman–Crippen LogP) is 4.88. The van der Waals surface area contributed by atoms with E-state index in [9.17, 15) is 0 Å². The van der Waals surface area contributed by atoms with Gasteiger partial charge in [-0.2, -0.15) is 0 Å². The Hall–Kier alpha value is -2.29. The minimum absolute atomic E-state index is 0.461. The fourth-order valence-electron chi connectivity index (χ4n) is 2.63. The van der Waals surface area contributed by atoms with Gasteiger partial charge in [0.2, 0.25) is 0 Å². The fourth-order valence-corrected chi connectivity index (χ4v) is 2.63. The topological polar surface area (TPSA) is 35.3 Å². The van der Waals surface area contributed by atoms with E-state index in [4.69, 9.17) is 9.15 Å². The molecule has 1 aromatic heterocycles. The number of ether oxygens (including phenoxy) is 1. The van der Waals surface area contributed by atoms with Gasteiger partial charge in [0.25, 0.3) is 0 Å². The van der Waals surface area contributed by atoms with Crippen LogP contribution in [0.4, 0.5) is 0 Å². The SMILES string of the molecule is COc1ccc(C(C)CCc2nc3ccc(C)cc3o2)cc1. The van der Waals surface area contributed by atoms with E-state index in [1.165, 1.54) is 11.1 Å². The third kappa shape index (κ3) is 3.14. The summed E-state index contributed by atoms with van der Waals surface area (Å²) in [7, 11) is 1.69. The van der Waals surface area contributed by atoms with Crippen molar-refractivity contribution < 1.29 is 9.15 Å². The van der Waals surface area contributed by atoms with Crippen molar-refractivity contribution in [3.8, 4) is 5.75 Å². The molecule has 22 heavy (non-hydrogen) atoms. The number of fused-ring (bicyclic) bond motifs is 1. The molecule has 1 unspecified atom stereocenters. The molecule has 1 heterocycles. The van der Waals surface area contributed by atoms with E-state index in [-0.39, 0.29) is 0 Å². The maximum Gasteiger partial charge on any atom is 0.195 e. The summed E-state index contributed by atoms with van der Waals surface area (Å²) >= 11 is 0. The first kappa shape index (κ1) is 14.6. The van der Waals surface area contributed by atoms with Crippen molar-refractivity contribution >= 4 is 11.1 Å². The zero-order chi connectivity index (χ0) is 15.5. The minimum atomic E-state index is 0.461. The number of rotatable bonds is 5. The van der Waals surface area contributed by atoms with E-state index in [0.717, 1.165) is 35.6 Å². The smallest absolute Gasteiger partial charge is 0.195 e. The van der Waals surface area contributed by atoms with Crippen LogP contribution in [0, 0.1) is 6.92 Å². The fraction of sp³-hybridized carbons (Fsp3) is 0.316. The molecular formula is C19H21NO2. The summed E-state index contributed by atoms with van der Waals surface area (Å²) in [6.45, 7) is 4.29. The molecule has 0 aliphatic rings. The first-order valence-corrected chi connectivity index (χ1v) is 7.66. The van der Waals surface area contributed by atoms with Gasteiger partial charge in [-0.05, 0) is 54.7 Å². The van der Waals surface area contributed by atoms with Crippen LogP contribution in [0.25, 0.3) is 11.1 Å². The van der Waals surface area contributed by atoms with Gasteiger partial charge in [-0.15, -0.1) is 0 Å². The molecule has 0 spiro atoms. The average molecular weight is 295 g/mol. The normalized spacial score (nSPS) is 12.5. The summed E-state index contributed by atoms with van der Waals surface area (Å²) in [6, 6.07) is 14.4. The molecule has 0 N–H and O–H groups in total. The number of methoxy groups -OCH3 is 1. The number of oxazole rings is 1. The monoisotopic (exact) mass is 295 g/mol. The van der Waals surface area contributed by atoms with Gasteiger partial charge in [0.15, 0.2) is 11.5 Å². The Labute approximate surface area is 130 Å². The van der Waals surface area contributed by atoms with E-state index in [2.05, 4.69) is 37.0 Å². The van der Waals surface area contributed by atoms with Crippen LogP contribution in [0.1, 0.15) is 36.3 Å². The van der Waals surface area contributed by atoms with Crippen LogP contribution in [0.3, 0.4) is 0 Å². The van der Waals surface area contributed by atoms with Crippen LogP contribution in [0.5, 0.6) is 5.75 Å². The van der Waals surface area contributed by atoms with E-state index in [1.54, 1.807) is 7.11 Å². The highest BCUT2D eigenvalue weighted by atomic mass is 16.5. The summed E-state index contributed by atoms with van der Waals surface area (Å²) in [5, 5.41) is 0. The highest BCUT2D eigenvalue weighted by Crippen LogP contribution is 2.24. The van der Waals surface area contributed by atoms with Gasteiger partial charge in [-0.3, -0.25) is 0 Å². The van der Waals surface area contributed by atoms with E-state index in [0.29, 0.717) is 5.92 Å². The molecule has 3 aromatic rings. The minimum Gasteiger partial charge on any atom is -0.497 e. The predicted molar refractivity (Wildman–Crippen MR) is 88.5 cm³/mol. The van der Waals surface area contributed by atoms with Gasteiger partial charge in [-0.1, -0.05) is 25.1 Å². The van der Waals surface area contributed by atoms with Gasteiger partial charge in [0, 0.05) is 6.42 Å². The molecule has 2 aromatic carbocycles. The van der Waals surface area contributed by atoms with Gasteiger partial charge < -0.3 is 9.15 Å². The number of hydrogen-bond donors (Lipinski definition) is 0. The largest absolute Gasteiger partial charge is 0.497 e. The van der Waals surface area contributed by atoms with Crippen LogP contribution in [-0.4, -0.2) is 12.1 Å². The summed E-state index contributed by atoms with van der Waals surface area (Å²) in [5.74, 6) is 2.17. The van der Waals surface area contributed by atoms with Crippen molar-refractivity contribution in [3.63, 3.8) is 0 Å². The Balaban J connectivity index is 1.67. The standard InChI is InChI=1S/C19H21NO2/c1-13-4-10-17-18(12-13)22-19(20-17)11-5-14(2)15-6-8-16(21-3)9-7-15/h4,6-10,12,14H,5,11H2,1-3H3. The third-order valence-electron chi connectivity index (χ3n) is 4.06. The molecule has 1 atom stereocenters. The molecule has 0 aliphatic heterocycles. The third-order valence-corrected chi connectivity index (χ3v) is 4.06. The molecule has 0 aliphatic carbocycles. The quantitative estimate of drug-likeness (QED) is 0.673. The van der Waals surface area contributed by atoms with Gasteiger partial charge in [-0.25, -0.2) is 4.98 Å². The second kappa shape index (κ2) is 6.22. The van der Waals surface area contributed by atoms with Crippen LogP contribution in [0.2, 0.25) is 0 Å². The summed E-state index contributed by atoms with van der Waals surface area (Å²) < 4.78 is 11.0. The lowest BCUT2D eigenvalue weighted by Gasteiger charge is -2.11. The zero-order valence-corrected chi connectivity index (χ0v) is 13.3. The maximum atomic E-state index is 5.84. The number of aryl methyl sites for hydroxylation is 2. The van der Waals surface area contributed by atoms with E-state index >= 15 is 0 Å². The molecular weight excluding hydrogens is 274 g/mol. The van der Waals surface area contributed by atoms with Crippen molar-refractivity contribution in [1.82, 2.24) is 4.98 Å². The summed E-state index contributed by atoms with van der Waals surface area (Å²) in [4.78, 5) is 4.56. The molecule has 3 heteroatoms. The van der Waals surface area contributed by atoms with Crippen LogP contribution >= 0.6 is 0 Å². The first-order valence-electron chi connectivity index (χ1n) is 7.66. The summed E-state index contributed by atoms with van der Waals surface area (Å²) in [6.07, 6.45) is 1.86. The molecule has 0 radical (unpaired) electrons. The molecule has 3 rings (SSSR count). The van der Waals surface area contributed by atoms with Crippen molar-refractivity contribution in [2.45, 2.75) is 32.6 Å². The Morgan fingerprint density at radius 2 is 1.91 bits per heavy atom. The maximum absolute atomic E-state index is 5.84. The number of nitrogens with zero attached hydrogens (tertiary/aromatic N) is 1. The lowest BCUT2D eigenvalue weighted by molar-refractivity contribution is 0.414. The number of hydrogen-bond acceptors (Lipinski definition) is 3. The van der Waals surface area contributed by atoms with Crippen LogP contribution in [-0.2, 0) is 6.42 Å². The molecule has 0 saturated heterocycles. The first-order chi connectivity index (χ1) is 10.7. The Kier molecular flexibility index (Phi) is 4.14. The Morgan fingerprint density at radius 1 is 1.14 bits per heavy atom. The molecule has 114 valence electrons. The van der Waals surface area contributed by atoms with Crippen LogP contribution < -0.4 is 4.74 Å². The van der Waals surface area contributed by atoms with Crippen molar-refractivity contribution in [2.75, 3.05) is 7.11 Å².